The first kappa shape index (κ1) is 24.3. The maximum atomic E-state index is 11.7. The van der Waals surface area contributed by atoms with Gasteiger partial charge in [-0.2, -0.15) is 0 Å². The highest BCUT2D eigenvalue weighted by molar-refractivity contribution is 5.35. The van der Waals surface area contributed by atoms with Crippen molar-refractivity contribution in [2.24, 2.45) is 50.2 Å². The fraction of sp³-hybridized carbons (Fsp3) is 0.933. The van der Waals surface area contributed by atoms with E-state index in [1.807, 2.05) is 0 Å². The molecule has 3 heteroatoms. The maximum absolute atomic E-state index is 11.7. The van der Waals surface area contributed by atoms with E-state index in [9.17, 15) is 15.3 Å². The molecule has 4 saturated carbocycles. The highest BCUT2D eigenvalue weighted by Crippen LogP contribution is 2.75. The van der Waals surface area contributed by atoms with Crippen molar-refractivity contribution in [2.45, 2.75) is 118 Å². The van der Waals surface area contributed by atoms with E-state index in [1.54, 1.807) is 5.57 Å². The van der Waals surface area contributed by atoms with Crippen LogP contribution in [0.15, 0.2) is 11.6 Å². The molecule has 0 aromatic carbocycles. The minimum atomic E-state index is -0.434. The molecule has 0 aromatic heterocycles. The molecule has 0 radical (unpaired) electrons. The summed E-state index contributed by atoms with van der Waals surface area (Å²) in [5.41, 5.74) is 1.78. The average molecular weight is 459 g/mol. The maximum Gasteiger partial charge on any atom is 0.0632 e. The summed E-state index contributed by atoms with van der Waals surface area (Å²) in [4.78, 5) is 0. The molecule has 0 saturated heterocycles. The van der Waals surface area contributed by atoms with Gasteiger partial charge in [0.15, 0.2) is 0 Å². The molecule has 4 fully saturated rings. The Hall–Kier alpha value is -0.380. The Kier molecular flexibility index (Phi) is 5.23. The number of hydrogen-bond donors (Lipinski definition) is 3. The normalized spacial score (nSPS) is 54.8. The Labute approximate surface area is 202 Å². The first-order valence-electron chi connectivity index (χ1n) is 13.9. The van der Waals surface area contributed by atoms with Crippen molar-refractivity contribution in [2.75, 3.05) is 6.61 Å². The van der Waals surface area contributed by atoms with Gasteiger partial charge in [-0.25, -0.2) is 0 Å². The van der Waals surface area contributed by atoms with Crippen molar-refractivity contribution >= 4 is 0 Å². The molecule has 5 rings (SSSR count). The minimum absolute atomic E-state index is 0.0275. The van der Waals surface area contributed by atoms with Gasteiger partial charge in [0.05, 0.1) is 18.8 Å². The van der Waals surface area contributed by atoms with Crippen LogP contribution in [0.1, 0.15) is 106 Å². The Morgan fingerprint density at radius 3 is 2.18 bits per heavy atom. The van der Waals surface area contributed by atoms with Crippen LogP contribution in [0, 0.1) is 50.2 Å². The van der Waals surface area contributed by atoms with E-state index < -0.39 is 6.10 Å². The van der Waals surface area contributed by atoms with Gasteiger partial charge < -0.3 is 15.3 Å². The average Bonchev–Trinajstić information content (AvgIpc) is 2.71. The lowest BCUT2D eigenvalue weighted by Gasteiger charge is -2.72. The van der Waals surface area contributed by atoms with E-state index in [0.29, 0.717) is 11.8 Å². The van der Waals surface area contributed by atoms with Gasteiger partial charge in [-0.05, 0) is 103 Å². The lowest BCUT2D eigenvalue weighted by Crippen LogP contribution is -2.67. The van der Waals surface area contributed by atoms with Gasteiger partial charge in [0.2, 0.25) is 0 Å². The van der Waals surface area contributed by atoms with E-state index in [0.717, 1.165) is 44.9 Å². The highest BCUT2D eigenvalue weighted by Gasteiger charge is 2.69. The second kappa shape index (κ2) is 7.10. The van der Waals surface area contributed by atoms with Crippen LogP contribution in [0.4, 0.5) is 0 Å². The van der Waals surface area contributed by atoms with Crippen LogP contribution in [0.2, 0.25) is 0 Å². The number of aliphatic hydroxyl groups is 3. The van der Waals surface area contributed by atoms with Gasteiger partial charge >= 0.3 is 0 Å². The Morgan fingerprint density at radius 1 is 0.818 bits per heavy atom. The molecule has 0 aliphatic heterocycles. The van der Waals surface area contributed by atoms with Crippen LogP contribution in [0.5, 0.6) is 0 Å². The third kappa shape index (κ3) is 2.91. The highest BCUT2D eigenvalue weighted by atomic mass is 16.3. The number of rotatable bonds is 1. The molecule has 5 aliphatic rings. The molecular formula is C30H50O3. The van der Waals surface area contributed by atoms with Crippen LogP contribution < -0.4 is 0 Å². The van der Waals surface area contributed by atoms with E-state index in [1.165, 1.54) is 12.8 Å². The molecule has 5 aliphatic carbocycles. The number of hydrogen-bond acceptors (Lipinski definition) is 3. The molecule has 3 N–H and O–H groups in total. The number of allylic oxidation sites excluding steroid dienone is 2. The lowest BCUT2D eigenvalue weighted by molar-refractivity contribution is -0.218. The Balaban J connectivity index is 1.61. The molecule has 0 aromatic rings. The van der Waals surface area contributed by atoms with E-state index in [-0.39, 0.29) is 51.1 Å². The standard InChI is InChI=1S/C30H50O3/c1-25(2)14-15-30(18-31)20(16-25)19-8-9-22-27(5)12-11-23(32)26(3,4)21(27)10-13-28(22,6)29(19,7)17-24(30)33/h8,20-24,31-33H,9-18H2,1-7H3/t20-,21+,22-,23+,24-,27+,28-,29-,30-/m1/s1. The monoisotopic (exact) mass is 458 g/mol. The van der Waals surface area contributed by atoms with Crippen LogP contribution >= 0.6 is 0 Å². The molecule has 0 amide bonds. The van der Waals surface area contributed by atoms with Gasteiger partial charge in [0, 0.05) is 5.41 Å². The van der Waals surface area contributed by atoms with Crippen LogP contribution in [0.3, 0.4) is 0 Å². The zero-order valence-electron chi connectivity index (χ0n) is 22.4. The van der Waals surface area contributed by atoms with Gasteiger partial charge in [0.1, 0.15) is 0 Å². The third-order valence-corrected chi connectivity index (χ3v) is 13.2. The molecular weight excluding hydrogens is 408 g/mol. The first-order chi connectivity index (χ1) is 15.2. The van der Waals surface area contributed by atoms with Crippen molar-refractivity contribution in [3.05, 3.63) is 11.6 Å². The van der Waals surface area contributed by atoms with Crippen molar-refractivity contribution in [1.29, 1.82) is 0 Å². The van der Waals surface area contributed by atoms with Crippen molar-refractivity contribution in [3.8, 4) is 0 Å². The third-order valence-electron chi connectivity index (χ3n) is 13.2. The van der Waals surface area contributed by atoms with Crippen molar-refractivity contribution in [1.82, 2.24) is 0 Å². The first-order valence-corrected chi connectivity index (χ1v) is 13.9. The van der Waals surface area contributed by atoms with Crippen LogP contribution in [0.25, 0.3) is 0 Å². The second-order valence-corrected chi connectivity index (χ2v) is 15.2. The fourth-order valence-corrected chi connectivity index (χ4v) is 10.7. The molecule has 0 bridgehead atoms. The zero-order chi connectivity index (χ0) is 24.2. The largest absolute Gasteiger partial charge is 0.396 e. The van der Waals surface area contributed by atoms with Gasteiger partial charge in [-0.3, -0.25) is 0 Å². The van der Waals surface area contributed by atoms with E-state index in [2.05, 4.69) is 54.5 Å². The van der Waals surface area contributed by atoms with E-state index >= 15 is 0 Å². The number of fused-ring (bicyclic) bond motifs is 7. The summed E-state index contributed by atoms with van der Waals surface area (Å²) >= 11 is 0. The molecule has 33 heavy (non-hydrogen) atoms. The summed E-state index contributed by atoms with van der Waals surface area (Å²) in [5, 5.41) is 33.3. The summed E-state index contributed by atoms with van der Waals surface area (Å²) in [6.45, 7) is 17.0. The summed E-state index contributed by atoms with van der Waals surface area (Å²) < 4.78 is 0. The fourth-order valence-electron chi connectivity index (χ4n) is 10.7. The quantitative estimate of drug-likeness (QED) is 0.415. The van der Waals surface area contributed by atoms with Gasteiger partial charge in [0.25, 0.3) is 0 Å². The number of aliphatic hydroxyl groups excluding tert-OH is 3. The molecule has 0 spiro atoms. The van der Waals surface area contributed by atoms with Gasteiger partial charge in [-0.15, -0.1) is 0 Å². The smallest absolute Gasteiger partial charge is 0.0632 e. The summed E-state index contributed by atoms with van der Waals surface area (Å²) in [7, 11) is 0. The van der Waals surface area contributed by atoms with Crippen molar-refractivity contribution < 1.29 is 15.3 Å². The molecule has 9 atom stereocenters. The molecule has 3 nitrogen and oxygen atoms in total. The SMILES string of the molecule is CC1(C)CC[C@]2(CO)[C@H](O)C[C@]3(C)C(=CC[C@@H]4[C@@]5(C)CC[C@H](O)C(C)(C)[C@@H]5CC[C@]43C)[C@H]2C1. The Bertz CT molecular complexity index is 843. The summed E-state index contributed by atoms with van der Waals surface area (Å²) in [5.74, 6) is 1.41. The zero-order valence-corrected chi connectivity index (χ0v) is 22.4. The predicted molar refractivity (Wildman–Crippen MR) is 134 cm³/mol. The minimum Gasteiger partial charge on any atom is -0.396 e. The van der Waals surface area contributed by atoms with Crippen LogP contribution in [-0.2, 0) is 0 Å². The van der Waals surface area contributed by atoms with Gasteiger partial charge in [-0.1, -0.05) is 60.1 Å². The summed E-state index contributed by atoms with van der Waals surface area (Å²) in [6, 6.07) is 0. The van der Waals surface area contributed by atoms with Crippen LogP contribution in [-0.4, -0.2) is 34.1 Å². The Morgan fingerprint density at radius 2 is 1.52 bits per heavy atom. The molecule has 188 valence electrons. The summed E-state index contributed by atoms with van der Waals surface area (Å²) in [6.07, 6.45) is 11.3. The molecule has 0 unspecified atom stereocenters. The molecule has 0 heterocycles. The second-order valence-electron chi connectivity index (χ2n) is 15.2. The topological polar surface area (TPSA) is 60.7 Å². The lowest BCUT2D eigenvalue weighted by atomic mass is 9.33. The predicted octanol–water partition coefficient (Wildman–Crippen LogP) is 6.11. The van der Waals surface area contributed by atoms with Crippen molar-refractivity contribution in [3.63, 3.8) is 0 Å². The van der Waals surface area contributed by atoms with E-state index in [4.69, 9.17) is 0 Å².